The van der Waals surface area contributed by atoms with E-state index in [1.165, 1.54) is 16.9 Å². The van der Waals surface area contributed by atoms with Gasteiger partial charge >= 0.3 is 0 Å². The molecule has 1 atom stereocenters. The summed E-state index contributed by atoms with van der Waals surface area (Å²) in [5.41, 5.74) is 7.32. The summed E-state index contributed by atoms with van der Waals surface area (Å²) in [6.07, 6.45) is 0.263. The summed E-state index contributed by atoms with van der Waals surface area (Å²) in [6, 6.07) is 7.81. The van der Waals surface area contributed by atoms with E-state index in [-0.39, 0.29) is 17.6 Å². The fourth-order valence-corrected chi connectivity index (χ4v) is 4.37. The first-order chi connectivity index (χ1) is 9.45. The third-order valence-electron chi connectivity index (χ3n) is 2.82. The summed E-state index contributed by atoms with van der Waals surface area (Å²) in [6.45, 7) is 4.03. The van der Waals surface area contributed by atoms with Crippen molar-refractivity contribution in [2.45, 2.75) is 29.9 Å². The van der Waals surface area contributed by atoms with E-state index in [0.29, 0.717) is 0 Å². The molecule has 1 aromatic carbocycles. The number of thioether (sulfide) groups is 1. The summed E-state index contributed by atoms with van der Waals surface area (Å²) in [5.74, 6) is -0.320. The number of benzene rings is 1. The van der Waals surface area contributed by atoms with Crippen LogP contribution in [0.1, 0.15) is 28.3 Å². The van der Waals surface area contributed by atoms with E-state index in [2.05, 4.69) is 11.9 Å². The largest absolute Gasteiger partial charge is 0.369 e. The topological polar surface area (TPSA) is 56.0 Å². The molecule has 20 heavy (non-hydrogen) atoms. The average Bonchev–Trinajstić information content (AvgIpc) is 2.69. The van der Waals surface area contributed by atoms with Crippen LogP contribution in [-0.4, -0.2) is 10.9 Å². The van der Waals surface area contributed by atoms with Crippen molar-refractivity contribution in [3.8, 4) is 0 Å². The van der Waals surface area contributed by atoms with Crippen LogP contribution in [-0.2, 0) is 11.2 Å². The van der Waals surface area contributed by atoms with Crippen LogP contribution in [0, 0.1) is 6.92 Å². The second-order valence-electron chi connectivity index (χ2n) is 4.44. The second kappa shape index (κ2) is 6.61. The minimum absolute atomic E-state index is 0.263. The monoisotopic (exact) mass is 326 g/mol. The van der Waals surface area contributed by atoms with Crippen molar-refractivity contribution < 1.29 is 4.79 Å². The molecule has 0 bridgehead atoms. The normalized spacial score (nSPS) is 12.3. The first-order valence-corrected chi connectivity index (χ1v) is 8.20. The van der Waals surface area contributed by atoms with Gasteiger partial charge in [-0.3, -0.25) is 4.79 Å². The van der Waals surface area contributed by atoms with Crippen molar-refractivity contribution in [1.82, 2.24) is 4.98 Å². The Bertz CT molecular complexity index is 610. The number of carbonyl (C=O) groups is 1. The van der Waals surface area contributed by atoms with Gasteiger partial charge in [0.2, 0.25) is 5.91 Å². The lowest BCUT2D eigenvalue weighted by Crippen LogP contribution is -2.13. The van der Waals surface area contributed by atoms with Crippen molar-refractivity contribution in [2.24, 2.45) is 5.73 Å². The van der Waals surface area contributed by atoms with Gasteiger partial charge in [0.15, 0.2) is 4.34 Å². The third-order valence-corrected chi connectivity index (χ3v) is 5.49. The second-order valence-corrected chi connectivity index (χ2v) is 7.55. The molecule has 0 radical (unpaired) electrons. The number of thiazole rings is 1. The lowest BCUT2D eigenvalue weighted by molar-refractivity contribution is -0.117. The van der Waals surface area contributed by atoms with Gasteiger partial charge in [0.25, 0.3) is 0 Å². The molecule has 1 aromatic heterocycles. The maximum Gasteiger partial charge on any atom is 0.222 e. The van der Waals surface area contributed by atoms with Crippen molar-refractivity contribution in [2.75, 3.05) is 0 Å². The standard InChI is InChI=1S/C14H15ClN2OS2/c1-8-12(7-13(16)18)20-14(17-8)19-9(2)10-3-5-11(15)6-4-10/h3-6,9H,7H2,1-2H3,(H2,16,18)/t9-/m0/s1. The highest BCUT2D eigenvalue weighted by Gasteiger charge is 2.14. The van der Waals surface area contributed by atoms with Crippen LogP contribution in [0.15, 0.2) is 28.6 Å². The minimum atomic E-state index is -0.320. The lowest BCUT2D eigenvalue weighted by atomic mass is 10.2. The minimum Gasteiger partial charge on any atom is -0.369 e. The summed E-state index contributed by atoms with van der Waals surface area (Å²) >= 11 is 9.10. The van der Waals surface area contributed by atoms with Crippen LogP contribution >= 0.6 is 34.7 Å². The zero-order chi connectivity index (χ0) is 14.7. The Morgan fingerprint density at radius 1 is 1.45 bits per heavy atom. The Morgan fingerprint density at radius 3 is 2.70 bits per heavy atom. The highest BCUT2D eigenvalue weighted by Crippen LogP contribution is 2.38. The zero-order valence-corrected chi connectivity index (χ0v) is 13.6. The van der Waals surface area contributed by atoms with E-state index in [4.69, 9.17) is 17.3 Å². The number of halogens is 1. The smallest absolute Gasteiger partial charge is 0.222 e. The maximum absolute atomic E-state index is 11.0. The fraction of sp³-hybridized carbons (Fsp3) is 0.286. The summed E-state index contributed by atoms with van der Waals surface area (Å²) in [7, 11) is 0. The highest BCUT2D eigenvalue weighted by molar-refractivity contribution is 8.01. The molecule has 2 N–H and O–H groups in total. The highest BCUT2D eigenvalue weighted by atomic mass is 35.5. The van der Waals surface area contributed by atoms with E-state index in [1.807, 2.05) is 31.2 Å². The first kappa shape index (κ1) is 15.4. The Balaban J connectivity index is 2.09. The number of aryl methyl sites for hydroxylation is 1. The van der Waals surface area contributed by atoms with Crippen molar-refractivity contribution in [1.29, 1.82) is 0 Å². The first-order valence-electron chi connectivity index (χ1n) is 6.12. The van der Waals surface area contributed by atoms with E-state index >= 15 is 0 Å². The van der Waals surface area contributed by atoms with Gasteiger partial charge in [-0.05, 0) is 31.5 Å². The number of nitrogens with two attached hydrogens (primary N) is 1. The van der Waals surface area contributed by atoms with Gasteiger partial charge in [-0.15, -0.1) is 11.3 Å². The molecule has 1 heterocycles. The molecule has 0 aliphatic heterocycles. The van der Waals surface area contributed by atoms with Crippen LogP contribution in [0.2, 0.25) is 5.02 Å². The zero-order valence-electron chi connectivity index (χ0n) is 11.2. The van der Waals surface area contributed by atoms with Crippen LogP contribution in [0.5, 0.6) is 0 Å². The fourth-order valence-electron chi connectivity index (χ4n) is 1.73. The van der Waals surface area contributed by atoms with E-state index in [0.717, 1.165) is 19.9 Å². The molecule has 0 spiro atoms. The van der Waals surface area contributed by atoms with Gasteiger partial charge in [-0.1, -0.05) is 35.5 Å². The van der Waals surface area contributed by atoms with Crippen molar-refractivity contribution in [3.63, 3.8) is 0 Å². The Hall–Kier alpha value is -1.04. The van der Waals surface area contributed by atoms with Crippen molar-refractivity contribution >= 4 is 40.6 Å². The van der Waals surface area contributed by atoms with Crippen molar-refractivity contribution in [3.05, 3.63) is 45.4 Å². The Labute approximate surface area is 131 Å². The molecule has 106 valence electrons. The Morgan fingerprint density at radius 2 is 2.10 bits per heavy atom. The molecule has 1 amide bonds. The van der Waals surface area contributed by atoms with Gasteiger partial charge in [0, 0.05) is 15.1 Å². The predicted molar refractivity (Wildman–Crippen MR) is 85.5 cm³/mol. The van der Waals surface area contributed by atoms with Gasteiger partial charge in [-0.2, -0.15) is 0 Å². The number of amides is 1. The number of primary amides is 1. The van der Waals surface area contributed by atoms with Gasteiger partial charge < -0.3 is 5.73 Å². The summed E-state index contributed by atoms with van der Waals surface area (Å²) in [5, 5.41) is 1.01. The van der Waals surface area contributed by atoms with Gasteiger partial charge in [-0.25, -0.2) is 4.98 Å². The number of hydrogen-bond acceptors (Lipinski definition) is 4. The molecule has 3 nitrogen and oxygen atoms in total. The van der Waals surface area contributed by atoms with E-state index < -0.39 is 0 Å². The molecular weight excluding hydrogens is 312 g/mol. The molecule has 2 aromatic rings. The summed E-state index contributed by atoms with van der Waals surface area (Å²) in [4.78, 5) is 16.4. The van der Waals surface area contributed by atoms with Gasteiger partial charge in [0.1, 0.15) is 0 Å². The van der Waals surface area contributed by atoms with Crippen LogP contribution in [0.3, 0.4) is 0 Å². The van der Waals surface area contributed by atoms with Crippen LogP contribution in [0.4, 0.5) is 0 Å². The quantitative estimate of drug-likeness (QED) is 0.845. The van der Waals surface area contributed by atoms with Gasteiger partial charge in [0.05, 0.1) is 12.1 Å². The SMILES string of the molecule is Cc1nc(S[C@@H](C)c2ccc(Cl)cc2)sc1CC(N)=O. The molecule has 0 aliphatic rings. The molecule has 2 rings (SSSR count). The van der Waals surface area contributed by atoms with Crippen LogP contribution < -0.4 is 5.73 Å². The lowest BCUT2D eigenvalue weighted by Gasteiger charge is -2.09. The Kier molecular flexibility index (Phi) is 5.07. The van der Waals surface area contributed by atoms with E-state index in [1.54, 1.807) is 11.8 Å². The maximum atomic E-state index is 11.0. The average molecular weight is 327 g/mol. The number of rotatable bonds is 5. The molecule has 6 heteroatoms. The number of aromatic nitrogens is 1. The third kappa shape index (κ3) is 3.98. The molecule has 0 saturated heterocycles. The van der Waals surface area contributed by atoms with Crippen LogP contribution in [0.25, 0.3) is 0 Å². The summed E-state index contributed by atoms with van der Waals surface area (Å²) < 4.78 is 0.959. The molecule has 0 fully saturated rings. The molecule has 0 saturated carbocycles. The molecule has 0 aliphatic carbocycles. The molecule has 0 unspecified atom stereocenters. The number of nitrogens with zero attached hydrogens (tertiary/aromatic N) is 1. The number of carbonyl (C=O) groups excluding carboxylic acids is 1. The van der Waals surface area contributed by atoms with E-state index in [9.17, 15) is 4.79 Å². The predicted octanol–water partition coefficient (Wildman–Crippen LogP) is 3.99. The number of hydrogen-bond donors (Lipinski definition) is 1. The molecular formula is C14H15ClN2OS2.